The van der Waals surface area contributed by atoms with Crippen LogP contribution < -0.4 is 5.32 Å². The molecule has 0 radical (unpaired) electrons. The van der Waals surface area contributed by atoms with Gasteiger partial charge < -0.3 is 5.32 Å². The number of carbonyl (C=O) groups is 1. The molecule has 0 aliphatic heterocycles. The van der Waals surface area contributed by atoms with Gasteiger partial charge in [0, 0.05) is 11.8 Å². The smallest absolute Gasteiger partial charge is 0.211 e. The van der Waals surface area contributed by atoms with Crippen molar-refractivity contribution in [3.63, 3.8) is 0 Å². The maximum Gasteiger partial charge on any atom is 0.211 e. The lowest BCUT2D eigenvalue weighted by molar-refractivity contribution is -0.108. The minimum absolute atomic E-state index is 0.292. The number of halogens is 2. The fourth-order valence-corrected chi connectivity index (χ4v) is 0.533. The highest BCUT2D eigenvalue weighted by Crippen LogP contribution is 2.06. The molecule has 66 valence electrons. The van der Waals surface area contributed by atoms with Gasteiger partial charge in [0.05, 0.1) is 0 Å². The van der Waals surface area contributed by atoms with Crippen molar-refractivity contribution in [3.05, 3.63) is 36.1 Å². The third kappa shape index (κ3) is 5.34. The van der Waals surface area contributed by atoms with E-state index in [0.29, 0.717) is 18.2 Å². The Bertz CT molecular complexity index is 243. The van der Waals surface area contributed by atoms with Gasteiger partial charge in [0.2, 0.25) is 6.41 Å². The average Bonchev–Trinajstić information content (AvgIpc) is 1.84. The summed E-state index contributed by atoms with van der Waals surface area (Å²) in [4.78, 5) is 9.83. The first-order valence-electron chi connectivity index (χ1n) is 3.16. The Balaban J connectivity index is 4.31. The third-order valence-electron chi connectivity index (χ3n) is 0.935. The second kappa shape index (κ2) is 5.23. The van der Waals surface area contributed by atoms with Gasteiger partial charge in [-0.25, -0.2) is 8.78 Å². The van der Waals surface area contributed by atoms with E-state index in [1.807, 2.05) is 0 Å². The van der Waals surface area contributed by atoms with E-state index in [1.54, 1.807) is 0 Å². The van der Waals surface area contributed by atoms with Crippen LogP contribution in [0.5, 0.6) is 0 Å². The predicted molar refractivity (Wildman–Crippen MR) is 42.4 cm³/mol. The van der Waals surface area contributed by atoms with Crippen molar-refractivity contribution < 1.29 is 13.6 Å². The number of carbonyl (C=O) groups excluding carboxylic acids is 1. The average molecular weight is 173 g/mol. The first-order valence-corrected chi connectivity index (χ1v) is 3.16. The van der Waals surface area contributed by atoms with Crippen LogP contribution in [-0.4, -0.2) is 6.41 Å². The van der Waals surface area contributed by atoms with E-state index in [-0.39, 0.29) is 0 Å². The highest BCUT2D eigenvalue weighted by molar-refractivity contribution is 5.50. The lowest BCUT2D eigenvalue weighted by Gasteiger charge is -1.94. The van der Waals surface area contributed by atoms with Gasteiger partial charge in [0.1, 0.15) is 11.7 Å². The van der Waals surface area contributed by atoms with E-state index in [0.717, 1.165) is 6.08 Å². The summed E-state index contributed by atoms with van der Waals surface area (Å²) in [6.45, 7) is 4.32. The van der Waals surface area contributed by atoms with Gasteiger partial charge in [-0.1, -0.05) is 6.58 Å². The van der Waals surface area contributed by atoms with E-state index in [9.17, 15) is 13.6 Å². The minimum Gasteiger partial charge on any atom is -0.333 e. The monoisotopic (exact) mass is 173 g/mol. The van der Waals surface area contributed by atoms with Crippen molar-refractivity contribution in [2.24, 2.45) is 0 Å². The first-order chi connectivity index (χ1) is 5.56. The summed E-state index contributed by atoms with van der Waals surface area (Å²) in [7, 11) is 0. The predicted octanol–water partition coefficient (Wildman–Crippen LogP) is 1.97. The number of amides is 1. The summed E-state index contributed by atoms with van der Waals surface area (Å²) >= 11 is 0. The van der Waals surface area contributed by atoms with E-state index in [2.05, 4.69) is 11.9 Å². The van der Waals surface area contributed by atoms with E-state index in [4.69, 9.17) is 0 Å². The lowest BCUT2D eigenvalue weighted by atomic mass is 10.3. The van der Waals surface area contributed by atoms with Crippen LogP contribution in [0.4, 0.5) is 8.78 Å². The van der Waals surface area contributed by atoms with Crippen molar-refractivity contribution in [1.82, 2.24) is 5.32 Å². The van der Waals surface area contributed by atoms with Gasteiger partial charge in [0.25, 0.3) is 0 Å². The molecule has 0 heterocycles. The second-order valence-electron chi connectivity index (χ2n) is 2.07. The Labute approximate surface area is 69.3 Å². The van der Waals surface area contributed by atoms with Crippen LogP contribution in [0.3, 0.4) is 0 Å². The van der Waals surface area contributed by atoms with Crippen LogP contribution in [0.25, 0.3) is 0 Å². The summed E-state index contributed by atoms with van der Waals surface area (Å²) < 4.78 is 24.5. The van der Waals surface area contributed by atoms with Crippen LogP contribution in [-0.2, 0) is 4.79 Å². The minimum atomic E-state index is -0.873. The molecule has 0 saturated heterocycles. The molecule has 0 aromatic rings. The third-order valence-corrected chi connectivity index (χ3v) is 0.935. The molecule has 0 fully saturated rings. The molecule has 2 nitrogen and oxygen atoms in total. The molecular weight excluding hydrogens is 164 g/mol. The van der Waals surface area contributed by atoms with Crippen molar-refractivity contribution in [3.8, 4) is 0 Å². The van der Waals surface area contributed by atoms with Crippen molar-refractivity contribution in [2.75, 3.05) is 0 Å². The fourth-order valence-electron chi connectivity index (χ4n) is 0.533. The first kappa shape index (κ1) is 10.6. The summed E-state index contributed by atoms with van der Waals surface area (Å²) in [5.74, 6) is -1.67. The van der Waals surface area contributed by atoms with Crippen LogP contribution >= 0.6 is 0 Å². The number of nitrogens with one attached hydrogen (secondary N) is 1. The Morgan fingerprint density at radius 3 is 2.42 bits per heavy atom. The Kier molecular flexibility index (Phi) is 4.60. The van der Waals surface area contributed by atoms with Crippen molar-refractivity contribution in [2.45, 2.75) is 6.92 Å². The van der Waals surface area contributed by atoms with E-state index >= 15 is 0 Å². The van der Waals surface area contributed by atoms with E-state index < -0.39 is 11.7 Å². The molecular formula is C8H9F2NO. The Hall–Kier alpha value is -1.45. The molecule has 0 aliphatic carbocycles. The van der Waals surface area contributed by atoms with Crippen LogP contribution in [0, 0.1) is 0 Å². The zero-order valence-electron chi connectivity index (χ0n) is 6.60. The summed E-state index contributed by atoms with van der Waals surface area (Å²) in [6, 6.07) is 0. The van der Waals surface area contributed by atoms with Crippen molar-refractivity contribution >= 4 is 6.41 Å². The molecule has 0 atom stereocenters. The summed E-state index contributed by atoms with van der Waals surface area (Å²) in [5.41, 5.74) is 0.292. The van der Waals surface area contributed by atoms with Gasteiger partial charge in [-0.3, -0.25) is 4.79 Å². The molecule has 0 aromatic carbocycles. The number of allylic oxidation sites excluding steroid dienone is 5. The lowest BCUT2D eigenvalue weighted by Crippen LogP contribution is -2.06. The Morgan fingerprint density at radius 2 is 2.00 bits per heavy atom. The largest absolute Gasteiger partial charge is 0.333 e. The van der Waals surface area contributed by atoms with Gasteiger partial charge in [-0.05, 0) is 13.0 Å². The molecule has 1 amide bonds. The van der Waals surface area contributed by atoms with Crippen LogP contribution in [0.15, 0.2) is 36.1 Å². The standard InChI is InChI=1S/C8H9F2NO/c1-6(9)3-8(10)4-7(2)11-5-12/h3-5H,1H2,2H3,(H,11,12)/b7-4+,8-3+. The molecule has 0 bridgehead atoms. The molecule has 0 spiro atoms. The molecule has 0 saturated carbocycles. The number of hydrogen-bond acceptors (Lipinski definition) is 1. The summed E-state index contributed by atoms with van der Waals surface area (Å²) in [6.07, 6.45) is 2.01. The zero-order chi connectivity index (χ0) is 9.56. The van der Waals surface area contributed by atoms with Gasteiger partial charge in [-0.15, -0.1) is 0 Å². The molecule has 0 aromatic heterocycles. The fraction of sp³-hybridized carbons (Fsp3) is 0.125. The molecule has 4 heteroatoms. The number of hydrogen-bond donors (Lipinski definition) is 1. The maximum absolute atomic E-state index is 12.6. The zero-order valence-corrected chi connectivity index (χ0v) is 6.60. The van der Waals surface area contributed by atoms with Crippen LogP contribution in [0.2, 0.25) is 0 Å². The highest BCUT2D eigenvalue weighted by atomic mass is 19.1. The molecule has 0 rings (SSSR count). The Morgan fingerprint density at radius 1 is 1.42 bits per heavy atom. The van der Waals surface area contributed by atoms with Gasteiger partial charge in [-0.2, -0.15) is 0 Å². The van der Waals surface area contributed by atoms with Gasteiger partial charge >= 0.3 is 0 Å². The summed E-state index contributed by atoms with van der Waals surface area (Å²) in [5, 5.41) is 2.20. The number of rotatable bonds is 4. The van der Waals surface area contributed by atoms with E-state index in [1.165, 1.54) is 6.92 Å². The van der Waals surface area contributed by atoms with Crippen molar-refractivity contribution in [1.29, 1.82) is 0 Å². The quantitative estimate of drug-likeness (QED) is 0.511. The second-order valence-corrected chi connectivity index (χ2v) is 2.07. The molecule has 0 unspecified atom stereocenters. The van der Waals surface area contributed by atoms with Gasteiger partial charge in [0.15, 0.2) is 0 Å². The van der Waals surface area contributed by atoms with Crippen LogP contribution in [0.1, 0.15) is 6.92 Å². The molecule has 12 heavy (non-hydrogen) atoms. The highest BCUT2D eigenvalue weighted by Gasteiger charge is 1.92. The molecule has 1 N–H and O–H groups in total. The SMILES string of the molecule is C=C(F)/C=C(F)\C=C(/C)NC=O. The topological polar surface area (TPSA) is 29.1 Å². The molecule has 0 aliphatic rings. The maximum atomic E-state index is 12.6. The normalized spacial score (nSPS) is 12.6.